The summed E-state index contributed by atoms with van der Waals surface area (Å²) in [6, 6.07) is 9.78. The van der Waals surface area contributed by atoms with Crippen LogP contribution in [-0.4, -0.2) is 40.9 Å². The number of benzene rings is 1. The lowest BCUT2D eigenvalue weighted by molar-refractivity contribution is -0.162. The number of nitrogens with zero attached hydrogens (tertiary/aromatic N) is 5. The summed E-state index contributed by atoms with van der Waals surface area (Å²) in [4.78, 5) is 26.6. The lowest BCUT2D eigenvalue weighted by Crippen LogP contribution is -2.76. The number of anilines is 1. The number of fused-ring (bicyclic) bond motifs is 2. The summed E-state index contributed by atoms with van der Waals surface area (Å²) in [5.74, 6) is -0.615. The zero-order valence-electron chi connectivity index (χ0n) is 19.3. The first-order chi connectivity index (χ1) is 17.2. The molecule has 1 amide bonds. The highest BCUT2D eigenvalue weighted by atomic mass is 19.1. The molecule has 0 saturated heterocycles. The van der Waals surface area contributed by atoms with Crippen molar-refractivity contribution >= 4 is 23.0 Å². The Hall–Kier alpha value is -4.34. The van der Waals surface area contributed by atoms with E-state index in [2.05, 4.69) is 20.3 Å². The summed E-state index contributed by atoms with van der Waals surface area (Å²) >= 11 is 0. The van der Waals surface area contributed by atoms with Crippen LogP contribution in [-0.2, 0) is 0 Å². The molecule has 1 aromatic carbocycles. The topological polar surface area (TPSA) is 103 Å². The highest BCUT2D eigenvalue weighted by Gasteiger charge is 2.70. The number of aromatic nitrogens is 5. The second kappa shape index (κ2) is 6.87. The summed E-state index contributed by atoms with van der Waals surface area (Å²) in [6.45, 7) is 1.95. The number of nitrogens with two attached hydrogens (primary N) is 1. The monoisotopic (exact) mass is 485 g/mol. The zero-order valence-corrected chi connectivity index (χ0v) is 19.3. The first-order valence-electron chi connectivity index (χ1n) is 11.6. The lowest BCUT2D eigenvalue weighted by atomic mass is 9.47. The van der Waals surface area contributed by atoms with E-state index in [4.69, 9.17) is 5.73 Å². The Morgan fingerprint density at radius 1 is 1.03 bits per heavy atom. The number of hydrogen-bond donors (Lipinski definition) is 2. The van der Waals surface area contributed by atoms with Crippen LogP contribution >= 0.6 is 0 Å². The van der Waals surface area contributed by atoms with Gasteiger partial charge in [0.25, 0.3) is 5.91 Å². The van der Waals surface area contributed by atoms with E-state index in [1.807, 2.05) is 29.7 Å². The van der Waals surface area contributed by atoms with Crippen LogP contribution in [0.5, 0.6) is 0 Å². The van der Waals surface area contributed by atoms with Gasteiger partial charge in [0.1, 0.15) is 22.8 Å². The average Bonchev–Trinajstić information content (AvgIpc) is 3.42. The van der Waals surface area contributed by atoms with Gasteiger partial charge in [-0.2, -0.15) is 0 Å². The summed E-state index contributed by atoms with van der Waals surface area (Å²) in [5.41, 5.74) is 9.52. The molecule has 3 N–H and O–H groups in total. The number of nitrogen functional groups attached to an aromatic ring is 1. The second-order valence-corrected chi connectivity index (χ2v) is 9.98. The van der Waals surface area contributed by atoms with Gasteiger partial charge in [0, 0.05) is 60.2 Å². The maximum absolute atomic E-state index is 14.0. The SMILES string of the molecule is Cc1cnc2ccc(-c3c(-c4ccc(F)cc4)nc(N)c4nc(C(=O)NC56CC(F)(C5)C6)cn34)cn12. The first kappa shape index (κ1) is 21.0. The number of rotatable bonds is 4. The molecule has 4 aromatic heterocycles. The summed E-state index contributed by atoms with van der Waals surface area (Å²) in [5, 5.41) is 2.95. The van der Waals surface area contributed by atoms with Gasteiger partial charge in [-0.1, -0.05) is 0 Å². The number of nitrogens with one attached hydrogen (secondary N) is 1. The van der Waals surface area contributed by atoms with E-state index in [0.29, 0.717) is 41.9 Å². The van der Waals surface area contributed by atoms with E-state index in [-0.39, 0.29) is 23.2 Å². The van der Waals surface area contributed by atoms with Crippen molar-refractivity contribution in [3.05, 3.63) is 72.2 Å². The van der Waals surface area contributed by atoms with Crippen LogP contribution < -0.4 is 11.1 Å². The van der Waals surface area contributed by atoms with E-state index in [1.165, 1.54) is 12.1 Å². The number of carbonyl (C=O) groups excluding carboxylic acids is 1. The number of amides is 1. The number of halogens is 2. The molecule has 10 heteroatoms. The van der Waals surface area contributed by atoms with E-state index in [9.17, 15) is 13.6 Å². The molecule has 2 bridgehead atoms. The first-order valence-corrected chi connectivity index (χ1v) is 11.6. The molecule has 3 aliphatic carbocycles. The fourth-order valence-electron chi connectivity index (χ4n) is 5.61. The van der Waals surface area contributed by atoms with Crippen molar-refractivity contribution in [3.63, 3.8) is 0 Å². The van der Waals surface area contributed by atoms with Crippen molar-refractivity contribution in [2.75, 3.05) is 5.73 Å². The second-order valence-electron chi connectivity index (χ2n) is 9.98. The summed E-state index contributed by atoms with van der Waals surface area (Å²) < 4.78 is 31.3. The normalized spacial score (nSPS) is 22.4. The van der Waals surface area contributed by atoms with Gasteiger partial charge in [-0.25, -0.2) is 23.7 Å². The largest absolute Gasteiger partial charge is 0.381 e. The van der Waals surface area contributed by atoms with Crippen molar-refractivity contribution in [2.24, 2.45) is 0 Å². The Balaban J connectivity index is 1.42. The van der Waals surface area contributed by atoms with Crippen LogP contribution in [0.15, 0.2) is 55.0 Å². The van der Waals surface area contributed by atoms with Crippen LogP contribution in [0, 0.1) is 12.7 Å². The molecule has 0 radical (unpaired) electrons. The molecule has 0 spiro atoms. The molecule has 0 atom stereocenters. The molecular weight excluding hydrogens is 464 g/mol. The maximum atomic E-state index is 14.0. The molecule has 0 aliphatic heterocycles. The van der Waals surface area contributed by atoms with Crippen LogP contribution in [0.4, 0.5) is 14.6 Å². The molecule has 0 unspecified atom stereocenters. The minimum absolute atomic E-state index is 0.130. The summed E-state index contributed by atoms with van der Waals surface area (Å²) in [7, 11) is 0. The number of hydrogen-bond acceptors (Lipinski definition) is 5. The van der Waals surface area contributed by atoms with E-state index < -0.39 is 11.2 Å². The van der Waals surface area contributed by atoms with Gasteiger partial charge in [0.15, 0.2) is 11.5 Å². The van der Waals surface area contributed by atoms with Crippen molar-refractivity contribution in [1.29, 1.82) is 0 Å². The highest BCUT2D eigenvalue weighted by Crippen LogP contribution is 2.62. The number of alkyl halides is 1. The van der Waals surface area contributed by atoms with Crippen LogP contribution in [0.25, 0.3) is 33.8 Å². The molecule has 36 heavy (non-hydrogen) atoms. The third-order valence-corrected chi connectivity index (χ3v) is 7.29. The molecule has 3 fully saturated rings. The Bertz CT molecular complexity index is 1700. The van der Waals surface area contributed by atoms with Crippen LogP contribution in [0.2, 0.25) is 0 Å². The molecule has 4 heterocycles. The zero-order chi connectivity index (χ0) is 24.8. The smallest absolute Gasteiger partial charge is 0.271 e. The molecule has 8 nitrogen and oxygen atoms in total. The van der Waals surface area contributed by atoms with Crippen molar-refractivity contribution in [3.8, 4) is 22.5 Å². The number of pyridine rings is 1. The fraction of sp³-hybridized carbons (Fsp3) is 0.231. The maximum Gasteiger partial charge on any atom is 0.271 e. The minimum Gasteiger partial charge on any atom is -0.381 e. The third-order valence-electron chi connectivity index (χ3n) is 7.29. The van der Waals surface area contributed by atoms with Gasteiger partial charge >= 0.3 is 0 Å². The molecule has 3 aliphatic rings. The number of imidazole rings is 2. The predicted molar refractivity (Wildman–Crippen MR) is 130 cm³/mol. The quantitative estimate of drug-likeness (QED) is 0.399. The Kier molecular flexibility index (Phi) is 4.00. The average molecular weight is 485 g/mol. The molecule has 3 saturated carbocycles. The molecule has 8 rings (SSSR count). The highest BCUT2D eigenvalue weighted by molar-refractivity contribution is 5.95. The van der Waals surface area contributed by atoms with Gasteiger partial charge in [-0.3, -0.25) is 9.20 Å². The predicted octanol–water partition coefficient (Wildman–Crippen LogP) is 4.12. The van der Waals surface area contributed by atoms with Crippen molar-refractivity contribution in [1.82, 2.24) is 29.1 Å². The van der Waals surface area contributed by atoms with Gasteiger partial charge in [-0.15, -0.1) is 0 Å². The number of carbonyl (C=O) groups is 1. The minimum atomic E-state index is -1.12. The molecule has 180 valence electrons. The van der Waals surface area contributed by atoms with E-state index >= 15 is 0 Å². The molecular formula is C26H21F2N7O. The Morgan fingerprint density at radius 3 is 2.47 bits per heavy atom. The van der Waals surface area contributed by atoms with Crippen LogP contribution in [0.3, 0.4) is 0 Å². The third kappa shape index (κ3) is 2.96. The van der Waals surface area contributed by atoms with Gasteiger partial charge in [0.05, 0.1) is 11.4 Å². The fourth-order valence-corrected chi connectivity index (χ4v) is 5.61. The van der Waals surface area contributed by atoms with Gasteiger partial charge < -0.3 is 15.5 Å². The standard InChI is InChI=1S/C26H21F2N7O/c1-14-8-30-19-7-4-16(9-34(14)19)21-20(15-2-5-17(27)6-3-15)32-22(29)23-31-18(10-35(21)23)24(36)33-26-11-25(28,12-26)13-26/h2-10H,11-13H2,1H3,(H2,29,32)(H,33,36). The Labute approximate surface area is 203 Å². The van der Waals surface area contributed by atoms with E-state index in [0.717, 1.165) is 16.9 Å². The van der Waals surface area contributed by atoms with Gasteiger partial charge in [-0.05, 0) is 43.3 Å². The summed E-state index contributed by atoms with van der Waals surface area (Å²) in [6.07, 6.45) is 6.35. The van der Waals surface area contributed by atoms with Crippen LogP contribution in [0.1, 0.15) is 35.4 Å². The van der Waals surface area contributed by atoms with Crippen molar-refractivity contribution in [2.45, 2.75) is 37.4 Å². The Morgan fingerprint density at radius 2 is 1.75 bits per heavy atom. The lowest BCUT2D eigenvalue weighted by Gasteiger charge is -2.65. The van der Waals surface area contributed by atoms with Gasteiger partial charge in [0.2, 0.25) is 0 Å². The van der Waals surface area contributed by atoms with E-state index in [1.54, 1.807) is 28.9 Å². The molecule has 5 aromatic rings. The van der Waals surface area contributed by atoms with Crippen molar-refractivity contribution < 1.29 is 13.6 Å². The number of aryl methyl sites for hydroxylation is 1.